The van der Waals surface area contributed by atoms with E-state index in [1.807, 2.05) is 25.2 Å². The highest BCUT2D eigenvalue weighted by molar-refractivity contribution is 5.95. The largest absolute Gasteiger partial charge is 0.324 e. The molecule has 1 atom stereocenters. The van der Waals surface area contributed by atoms with Crippen molar-refractivity contribution < 1.29 is 4.79 Å². The quantitative estimate of drug-likeness (QED) is 0.773. The molecule has 0 bridgehead atoms. The SMILES string of the molecule is CN[C@H]1C/C=C/CCCCCCc2ccccc2NC1=O. The summed E-state index contributed by atoms with van der Waals surface area (Å²) in [5, 5.41) is 6.18. The fraction of sp³-hybridized carbons (Fsp3) is 0.500. The maximum atomic E-state index is 12.4. The number of carbonyl (C=O) groups is 1. The van der Waals surface area contributed by atoms with Gasteiger partial charge in [-0.25, -0.2) is 0 Å². The molecule has 2 rings (SSSR count). The molecule has 0 spiro atoms. The normalized spacial score (nSPS) is 22.7. The Morgan fingerprint density at radius 1 is 1.10 bits per heavy atom. The van der Waals surface area contributed by atoms with Crippen molar-refractivity contribution in [2.45, 2.75) is 51.0 Å². The molecular weight excluding hydrogens is 260 g/mol. The maximum absolute atomic E-state index is 12.4. The molecule has 1 aromatic carbocycles. The molecule has 21 heavy (non-hydrogen) atoms. The van der Waals surface area contributed by atoms with Crippen LogP contribution in [0.2, 0.25) is 0 Å². The summed E-state index contributed by atoms with van der Waals surface area (Å²) < 4.78 is 0. The van der Waals surface area contributed by atoms with Crippen LogP contribution in [0.3, 0.4) is 0 Å². The summed E-state index contributed by atoms with van der Waals surface area (Å²) in [7, 11) is 1.84. The van der Waals surface area contributed by atoms with Gasteiger partial charge in [0.15, 0.2) is 0 Å². The van der Waals surface area contributed by atoms with E-state index in [0.29, 0.717) is 0 Å². The molecule has 1 aliphatic rings. The third-order valence-electron chi connectivity index (χ3n) is 4.05. The zero-order valence-electron chi connectivity index (χ0n) is 12.9. The average Bonchev–Trinajstić information content (AvgIpc) is 2.50. The van der Waals surface area contributed by atoms with E-state index in [4.69, 9.17) is 0 Å². The summed E-state index contributed by atoms with van der Waals surface area (Å²) >= 11 is 0. The number of likely N-dealkylation sites (N-methyl/N-ethyl adjacent to an activating group) is 1. The van der Waals surface area contributed by atoms with Crippen LogP contribution in [0.5, 0.6) is 0 Å². The first kappa shape index (κ1) is 15.8. The molecule has 3 nitrogen and oxygen atoms in total. The van der Waals surface area contributed by atoms with Crippen molar-refractivity contribution in [3.8, 4) is 0 Å². The highest BCUT2D eigenvalue weighted by Gasteiger charge is 2.16. The number of nitrogens with one attached hydrogen (secondary N) is 2. The lowest BCUT2D eigenvalue weighted by molar-refractivity contribution is -0.117. The summed E-state index contributed by atoms with van der Waals surface area (Å²) in [6.45, 7) is 0. The van der Waals surface area contributed by atoms with Gasteiger partial charge in [0.05, 0.1) is 6.04 Å². The molecule has 0 unspecified atom stereocenters. The Hall–Kier alpha value is -1.61. The number of rotatable bonds is 1. The topological polar surface area (TPSA) is 41.1 Å². The Labute approximate surface area is 127 Å². The number of fused-ring (bicyclic) bond motifs is 1. The zero-order valence-corrected chi connectivity index (χ0v) is 12.9. The van der Waals surface area contributed by atoms with Gasteiger partial charge in [-0.05, 0) is 50.8 Å². The van der Waals surface area contributed by atoms with E-state index in [0.717, 1.165) is 24.9 Å². The summed E-state index contributed by atoms with van der Waals surface area (Å²) in [5.41, 5.74) is 2.21. The van der Waals surface area contributed by atoms with Crippen molar-refractivity contribution in [2.24, 2.45) is 0 Å². The van der Waals surface area contributed by atoms with Crippen molar-refractivity contribution in [3.05, 3.63) is 42.0 Å². The van der Waals surface area contributed by atoms with E-state index in [1.54, 1.807) is 0 Å². The molecule has 3 heteroatoms. The second kappa shape index (κ2) is 8.63. The molecule has 1 aromatic rings. The molecule has 0 fully saturated rings. The molecule has 1 heterocycles. The van der Waals surface area contributed by atoms with Gasteiger partial charge in [0, 0.05) is 5.69 Å². The molecule has 1 amide bonds. The minimum atomic E-state index is -0.169. The molecule has 114 valence electrons. The van der Waals surface area contributed by atoms with E-state index in [9.17, 15) is 4.79 Å². The van der Waals surface area contributed by atoms with Gasteiger partial charge < -0.3 is 10.6 Å². The van der Waals surface area contributed by atoms with Crippen molar-refractivity contribution in [3.63, 3.8) is 0 Å². The van der Waals surface area contributed by atoms with Crippen LogP contribution in [-0.4, -0.2) is 19.0 Å². The van der Waals surface area contributed by atoms with E-state index in [1.165, 1.54) is 31.2 Å². The fourth-order valence-electron chi connectivity index (χ4n) is 2.72. The first-order valence-electron chi connectivity index (χ1n) is 8.02. The predicted molar refractivity (Wildman–Crippen MR) is 88.5 cm³/mol. The van der Waals surface area contributed by atoms with Crippen LogP contribution in [0.15, 0.2) is 36.4 Å². The van der Waals surface area contributed by atoms with Crippen LogP contribution in [0.4, 0.5) is 5.69 Å². The van der Waals surface area contributed by atoms with Gasteiger partial charge in [-0.2, -0.15) is 0 Å². The number of hydrogen-bond acceptors (Lipinski definition) is 2. The van der Waals surface area contributed by atoms with Gasteiger partial charge in [-0.15, -0.1) is 0 Å². The highest BCUT2D eigenvalue weighted by atomic mass is 16.2. The van der Waals surface area contributed by atoms with Gasteiger partial charge in [0.25, 0.3) is 0 Å². The van der Waals surface area contributed by atoms with E-state index in [-0.39, 0.29) is 11.9 Å². The minimum absolute atomic E-state index is 0.0478. The number of hydrogen-bond donors (Lipinski definition) is 2. The summed E-state index contributed by atoms with van der Waals surface area (Å²) in [5.74, 6) is 0.0478. The van der Waals surface area contributed by atoms with Crippen molar-refractivity contribution in [1.29, 1.82) is 0 Å². The molecule has 1 aliphatic heterocycles. The fourth-order valence-corrected chi connectivity index (χ4v) is 2.72. The lowest BCUT2D eigenvalue weighted by Gasteiger charge is -2.17. The van der Waals surface area contributed by atoms with Crippen LogP contribution in [0.1, 0.15) is 44.1 Å². The number of para-hydroxylation sites is 1. The van der Waals surface area contributed by atoms with Crippen LogP contribution in [0, 0.1) is 0 Å². The lowest BCUT2D eigenvalue weighted by Crippen LogP contribution is -2.38. The number of aryl methyl sites for hydroxylation is 1. The Morgan fingerprint density at radius 3 is 2.76 bits per heavy atom. The minimum Gasteiger partial charge on any atom is -0.324 e. The van der Waals surface area contributed by atoms with Crippen LogP contribution in [0.25, 0.3) is 0 Å². The number of allylic oxidation sites excluding steroid dienone is 1. The summed E-state index contributed by atoms with van der Waals surface area (Å²) in [4.78, 5) is 12.4. The smallest absolute Gasteiger partial charge is 0.241 e. The van der Waals surface area contributed by atoms with E-state index < -0.39 is 0 Å². The zero-order chi connectivity index (χ0) is 14.9. The van der Waals surface area contributed by atoms with Gasteiger partial charge >= 0.3 is 0 Å². The van der Waals surface area contributed by atoms with Gasteiger partial charge in [0.2, 0.25) is 5.91 Å². The van der Waals surface area contributed by atoms with Crippen molar-refractivity contribution >= 4 is 11.6 Å². The number of amides is 1. The molecule has 0 aromatic heterocycles. The van der Waals surface area contributed by atoms with Crippen LogP contribution in [-0.2, 0) is 11.2 Å². The van der Waals surface area contributed by atoms with Crippen LogP contribution >= 0.6 is 0 Å². The summed E-state index contributed by atoms with van der Waals surface area (Å²) in [6, 6.07) is 7.98. The number of carbonyl (C=O) groups excluding carboxylic acids is 1. The van der Waals surface area contributed by atoms with Crippen LogP contribution < -0.4 is 10.6 Å². The van der Waals surface area contributed by atoms with Crippen molar-refractivity contribution in [1.82, 2.24) is 5.32 Å². The molecule has 0 radical (unpaired) electrons. The molecule has 0 saturated carbocycles. The van der Waals surface area contributed by atoms with E-state index >= 15 is 0 Å². The first-order chi connectivity index (χ1) is 10.3. The van der Waals surface area contributed by atoms with E-state index in [2.05, 4.69) is 28.9 Å². The predicted octanol–water partition coefficient (Wildman–Crippen LogP) is 3.67. The highest BCUT2D eigenvalue weighted by Crippen LogP contribution is 2.19. The molecule has 0 aliphatic carbocycles. The maximum Gasteiger partial charge on any atom is 0.241 e. The standard InChI is InChI=1S/C18H26N2O/c1-19-17-14-8-6-4-2-3-5-7-11-15-12-9-10-13-16(15)20-18(17)21/h6,8-10,12-13,17,19H,2-5,7,11,14H2,1H3,(H,20,21)/b8-6+/t17-/m0/s1. The van der Waals surface area contributed by atoms with Gasteiger partial charge in [-0.1, -0.05) is 43.2 Å². The monoisotopic (exact) mass is 286 g/mol. The Morgan fingerprint density at radius 2 is 1.90 bits per heavy atom. The average molecular weight is 286 g/mol. The van der Waals surface area contributed by atoms with Crippen molar-refractivity contribution in [2.75, 3.05) is 12.4 Å². The summed E-state index contributed by atoms with van der Waals surface area (Å²) in [6.07, 6.45) is 12.2. The third kappa shape index (κ3) is 5.01. The lowest BCUT2D eigenvalue weighted by atomic mass is 10.0. The van der Waals surface area contributed by atoms with Gasteiger partial charge in [-0.3, -0.25) is 4.79 Å². The molecule has 0 saturated heterocycles. The second-order valence-corrected chi connectivity index (χ2v) is 5.65. The van der Waals surface area contributed by atoms with Gasteiger partial charge in [0.1, 0.15) is 0 Å². The first-order valence-corrected chi connectivity index (χ1v) is 8.02. The molecular formula is C18H26N2O. The Kier molecular flexibility index (Phi) is 6.48. The third-order valence-corrected chi connectivity index (χ3v) is 4.05. The second-order valence-electron chi connectivity index (χ2n) is 5.65. The number of anilines is 1. The number of benzene rings is 1. The molecule has 2 N–H and O–H groups in total. The Bertz CT molecular complexity index is 482. The Balaban J connectivity index is 2.14.